The number of amides is 1. The zero-order valence-corrected chi connectivity index (χ0v) is 14.9. The lowest BCUT2D eigenvalue weighted by Gasteiger charge is -2.23. The number of likely N-dealkylation sites (tertiary alicyclic amines) is 1. The number of hydrogen-bond donors (Lipinski definition) is 1. The molecule has 8 heteroatoms. The lowest BCUT2D eigenvalue weighted by molar-refractivity contribution is 0.0939. The number of halogens is 1. The highest BCUT2D eigenvalue weighted by atomic mass is 32.1. The summed E-state index contributed by atoms with van der Waals surface area (Å²) in [6, 6.07) is -0.0112. The SMILES string of the molecule is Cc1nc(CN2C[C@@H](F)C[C@H]2CNC(=O)c2cn(C)nc2C)cs1. The minimum absolute atomic E-state index is 0.0112. The average Bonchev–Trinajstić information content (AvgIpc) is 3.17. The number of carbonyl (C=O) groups excluding carboxylic acids is 1. The van der Waals surface area contributed by atoms with Gasteiger partial charge in [-0.3, -0.25) is 14.4 Å². The van der Waals surface area contributed by atoms with Gasteiger partial charge in [0.25, 0.3) is 5.91 Å². The third-order valence-corrected chi connectivity index (χ3v) is 5.09. The summed E-state index contributed by atoms with van der Waals surface area (Å²) < 4.78 is 15.5. The Bertz CT molecular complexity index is 728. The molecule has 1 amide bonds. The second-order valence-corrected chi connectivity index (χ2v) is 7.35. The molecule has 6 nitrogen and oxygen atoms in total. The fourth-order valence-corrected chi connectivity index (χ4v) is 3.75. The number of aryl methyl sites for hydroxylation is 3. The Hall–Kier alpha value is -1.80. The summed E-state index contributed by atoms with van der Waals surface area (Å²) in [6.45, 7) is 5.21. The Morgan fingerprint density at radius 1 is 1.50 bits per heavy atom. The molecule has 0 aromatic carbocycles. The Balaban J connectivity index is 1.60. The van der Waals surface area contributed by atoms with Crippen molar-refractivity contribution in [3.63, 3.8) is 0 Å². The molecule has 0 radical (unpaired) electrons. The highest BCUT2D eigenvalue weighted by Crippen LogP contribution is 2.23. The Kier molecular flexibility index (Phi) is 4.96. The first-order valence-electron chi connectivity index (χ1n) is 8.00. The number of alkyl halides is 1. The molecule has 1 aliphatic heterocycles. The summed E-state index contributed by atoms with van der Waals surface area (Å²) >= 11 is 1.60. The van der Waals surface area contributed by atoms with Crippen LogP contribution in [0.2, 0.25) is 0 Å². The smallest absolute Gasteiger partial charge is 0.254 e. The zero-order chi connectivity index (χ0) is 17.3. The second-order valence-electron chi connectivity index (χ2n) is 6.29. The van der Waals surface area contributed by atoms with E-state index in [-0.39, 0.29) is 11.9 Å². The van der Waals surface area contributed by atoms with Crippen LogP contribution >= 0.6 is 11.3 Å². The molecule has 0 spiro atoms. The molecule has 1 fully saturated rings. The number of aromatic nitrogens is 3. The predicted molar refractivity (Wildman–Crippen MR) is 90.8 cm³/mol. The zero-order valence-electron chi connectivity index (χ0n) is 14.1. The van der Waals surface area contributed by atoms with Gasteiger partial charge in [-0.05, 0) is 20.3 Å². The van der Waals surface area contributed by atoms with E-state index >= 15 is 0 Å². The molecular formula is C16H22FN5OS. The van der Waals surface area contributed by atoms with Crippen molar-refractivity contribution in [1.29, 1.82) is 0 Å². The minimum atomic E-state index is -0.855. The molecule has 0 saturated carbocycles. The standard InChI is InChI=1S/C16H22FN5OS/c1-10-15(8-21(3)20-10)16(23)18-5-14-4-12(17)6-22(14)7-13-9-24-11(2)19-13/h8-9,12,14H,4-7H2,1-3H3,(H,18,23)/t12-,14-/m0/s1. The molecule has 0 bridgehead atoms. The van der Waals surface area contributed by atoms with Gasteiger partial charge in [0, 0.05) is 44.3 Å². The average molecular weight is 351 g/mol. The number of thiazole rings is 1. The van der Waals surface area contributed by atoms with Gasteiger partial charge in [-0.2, -0.15) is 5.10 Å². The van der Waals surface area contributed by atoms with E-state index < -0.39 is 6.17 Å². The maximum Gasteiger partial charge on any atom is 0.254 e. The monoisotopic (exact) mass is 351 g/mol. The lowest BCUT2D eigenvalue weighted by atomic mass is 10.2. The molecule has 3 rings (SSSR count). The summed E-state index contributed by atoms with van der Waals surface area (Å²) in [6.07, 6.45) is 1.29. The van der Waals surface area contributed by atoms with Crippen molar-refractivity contribution in [3.05, 3.63) is 33.5 Å². The van der Waals surface area contributed by atoms with Gasteiger partial charge in [0.15, 0.2) is 0 Å². The number of rotatable bonds is 5. The molecule has 1 N–H and O–H groups in total. The van der Waals surface area contributed by atoms with Crippen molar-refractivity contribution in [2.75, 3.05) is 13.1 Å². The van der Waals surface area contributed by atoms with E-state index in [4.69, 9.17) is 0 Å². The van der Waals surface area contributed by atoms with Crippen molar-refractivity contribution in [1.82, 2.24) is 25.0 Å². The predicted octanol–water partition coefficient (Wildman–Crippen LogP) is 1.84. The van der Waals surface area contributed by atoms with E-state index in [1.807, 2.05) is 12.3 Å². The Morgan fingerprint density at radius 2 is 2.29 bits per heavy atom. The van der Waals surface area contributed by atoms with E-state index in [1.165, 1.54) is 0 Å². The van der Waals surface area contributed by atoms with Crippen LogP contribution in [-0.2, 0) is 13.6 Å². The van der Waals surface area contributed by atoms with E-state index in [1.54, 1.807) is 36.2 Å². The van der Waals surface area contributed by atoms with Crippen LogP contribution < -0.4 is 5.32 Å². The quantitative estimate of drug-likeness (QED) is 0.893. The maximum atomic E-state index is 13.9. The van der Waals surface area contributed by atoms with Gasteiger partial charge < -0.3 is 5.32 Å². The number of hydrogen-bond acceptors (Lipinski definition) is 5. The highest BCUT2D eigenvalue weighted by Gasteiger charge is 2.32. The first-order chi connectivity index (χ1) is 11.4. The number of carbonyl (C=O) groups is 1. The maximum absolute atomic E-state index is 13.9. The fourth-order valence-electron chi connectivity index (χ4n) is 3.15. The summed E-state index contributed by atoms with van der Waals surface area (Å²) in [5.74, 6) is -0.160. The van der Waals surface area contributed by atoms with E-state index in [2.05, 4.69) is 20.3 Å². The molecule has 24 heavy (non-hydrogen) atoms. The molecule has 3 heterocycles. The minimum Gasteiger partial charge on any atom is -0.350 e. The first kappa shape index (κ1) is 17.0. The van der Waals surface area contributed by atoms with Gasteiger partial charge in [0.05, 0.1) is 22.0 Å². The van der Waals surface area contributed by atoms with Crippen molar-refractivity contribution >= 4 is 17.2 Å². The topological polar surface area (TPSA) is 63.1 Å². The first-order valence-corrected chi connectivity index (χ1v) is 8.88. The van der Waals surface area contributed by atoms with Gasteiger partial charge in [-0.15, -0.1) is 11.3 Å². The van der Waals surface area contributed by atoms with Gasteiger partial charge >= 0.3 is 0 Å². The molecular weight excluding hydrogens is 329 g/mol. The van der Waals surface area contributed by atoms with Crippen LogP contribution in [0.25, 0.3) is 0 Å². The third-order valence-electron chi connectivity index (χ3n) is 4.26. The molecule has 1 saturated heterocycles. The molecule has 2 atom stereocenters. The number of nitrogens with one attached hydrogen (secondary N) is 1. The van der Waals surface area contributed by atoms with Crippen molar-refractivity contribution < 1.29 is 9.18 Å². The van der Waals surface area contributed by atoms with E-state index in [0.29, 0.717) is 37.3 Å². The summed E-state index contributed by atoms with van der Waals surface area (Å²) in [5, 5.41) is 10.1. The van der Waals surface area contributed by atoms with Crippen LogP contribution in [0, 0.1) is 13.8 Å². The van der Waals surface area contributed by atoms with Crippen LogP contribution in [0.15, 0.2) is 11.6 Å². The van der Waals surface area contributed by atoms with E-state index in [0.717, 1.165) is 10.7 Å². The summed E-state index contributed by atoms with van der Waals surface area (Å²) in [5.41, 5.74) is 2.22. The Labute approximate surface area is 144 Å². The summed E-state index contributed by atoms with van der Waals surface area (Å²) in [7, 11) is 1.78. The summed E-state index contributed by atoms with van der Waals surface area (Å²) in [4.78, 5) is 18.8. The largest absolute Gasteiger partial charge is 0.350 e. The molecule has 0 unspecified atom stereocenters. The normalized spacial score (nSPS) is 21.3. The molecule has 2 aromatic heterocycles. The van der Waals surface area contributed by atoms with Gasteiger partial charge in [-0.1, -0.05) is 0 Å². The highest BCUT2D eigenvalue weighted by molar-refractivity contribution is 7.09. The molecule has 2 aromatic rings. The van der Waals surface area contributed by atoms with Gasteiger partial charge in [0.2, 0.25) is 0 Å². The third kappa shape index (κ3) is 3.81. The fraction of sp³-hybridized carbons (Fsp3) is 0.562. The van der Waals surface area contributed by atoms with Crippen LogP contribution in [0.4, 0.5) is 4.39 Å². The van der Waals surface area contributed by atoms with Crippen LogP contribution in [0.3, 0.4) is 0 Å². The van der Waals surface area contributed by atoms with Gasteiger partial charge in [0.1, 0.15) is 6.17 Å². The molecule has 130 valence electrons. The Morgan fingerprint density at radius 3 is 2.92 bits per heavy atom. The van der Waals surface area contributed by atoms with Crippen molar-refractivity contribution in [2.24, 2.45) is 7.05 Å². The number of nitrogens with zero attached hydrogens (tertiary/aromatic N) is 4. The van der Waals surface area contributed by atoms with E-state index in [9.17, 15) is 9.18 Å². The van der Waals surface area contributed by atoms with Crippen LogP contribution in [-0.4, -0.2) is 50.9 Å². The second kappa shape index (κ2) is 6.98. The van der Waals surface area contributed by atoms with Crippen LogP contribution in [0.5, 0.6) is 0 Å². The van der Waals surface area contributed by atoms with Crippen molar-refractivity contribution in [2.45, 2.75) is 39.0 Å². The molecule has 1 aliphatic rings. The lowest BCUT2D eigenvalue weighted by Crippen LogP contribution is -2.40. The van der Waals surface area contributed by atoms with Gasteiger partial charge in [-0.25, -0.2) is 9.37 Å². The van der Waals surface area contributed by atoms with Crippen molar-refractivity contribution in [3.8, 4) is 0 Å². The molecule has 0 aliphatic carbocycles. The van der Waals surface area contributed by atoms with Crippen LogP contribution in [0.1, 0.15) is 33.2 Å².